The number of carbonyl (C=O) groups excluding carboxylic acids is 1. The Morgan fingerprint density at radius 2 is 1.90 bits per heavy atom. The fourth-order valence-electron chi connectivity index (χ4n) is 1.68. The normalized spacial score (nSPS) is 10.1. The van der Waals surface area contributed by atoms with Crippen LogP contribution in [0.1, 0.15) is 15.9 Å². The molecular formula is C14H11BrN2O2S. The Morgan fingerprint density at radius 1 is 1.20 bits per heavy atom. The maximum atomic E-state index is 12.1. The molecule has 0 bridgehead atoms. The first kappa shape index (κ1) is 14.5. The molecule has 6 heteroatoms. The van der Waals surface area contributed by atoms with E-state index in [0.717, 1.165) is 4.47 Å². The van der Waals surface area contributed by atoms with Crippen molar-refractivity contribution in [3.8, 4) is 5.75 Å². The van der Waals surface area contributed by atoms with Crippen LogP contribution in [0, 0.1) is 0 Å². The van der Waals surface area contributed by atoms with Gasteiger partial charge in [-0.3, -0.25) is 4.79 Å². The van der Waals surface area contributed by atoms with E-state index < -0.39 is 5.91 Å². The molecule has 0 aromatic heterocycles. The summed E-state index contributed by atoms with van der Waals surface area (Å²) in [5, 5.41) is 12.4. The molecule has 0 saturated heterocycles. The monoisotopic (exact) mass is 350 g/mol. The van der Waals surface area contributed by atoms with Crippen molar-refractivity contribution in [2.45, 2.75) is 0 Å². The number of phenolic OH excluding ortho intramolecular Hbond substituents is 1. The standard InChI is InChI=1S/C14H11BrN2O2S/c15-8-5-6-11(10(7-8)13(16)20)17-14(19)9-3-1-2-4-12(9)18/h1-7,18H,(H2,16,20)(H,17,19). The van der Waals surface area contributed by atoms with E-state index in [1.165, 1.54) is 12.1 Å². The summed E-state index contributed by atoms with van der Waals surface area (Å²) >= 11 is 8.28. The lowest BCUT2D eigenvalue weighted by Gasteiger charge is -2.11. The predicted molar refractivity (Wildman–Crippen MR) is 86.1 cm³/mol. The highest BCUT2D eigenvalue weighted by Gasteiger charge is 2.13. The van der Waals surface area contributed by atoms with E-state index in [0.29, 0.717) is 11.3 Å². The molecule has 0 aliphatic carbocycles. The summed E-state index contributed by atoms with van der Waals surface area (Å²) in [5.41, 5.74) is 6.87. The van der Waals surface area contributed by atoms with Gasteiger partial charge < -0.3 is 16.2 Å². The van der Waals surface area contributed by atoms with Crippen molar-refractivity contribution in [3.05, 3.63) is 58.1 Å². The number of anilines is 1. The molecule has 102 valence electrons. The van der Waals surface area contributed by atoms with Crippen molar-refractivity contribution in [1.29, 1.82) is 0 Å². The summed E-state index contributed by atoms with van der Waals surface area (Å²) < 4.78 is 0.806. The molecule has 2 aromatic rings. The van der Waals surface area contributed by atoms with E-state index in [9.17, 15) is 9.90 Å². The van der Waals surface area contributed by atoms with Crippen molar-refractivity contribution >= 4 is 44.7 Å². The summed E-state index contributed by atoms with van der Waals surface area (Å²) in [7, 11) is 0. The molecule has 4 nitrogen and oxygen atoms in total. The van der Waals surface area contributed by atoms with Gasteiger partial charge >= 0.3 is 0 Å². The number of nitrogens with two attached hydrogens (primary N) is 1. The van der Waals surface area contributed by atoms with Crippen molar-refractivity contribution in [1.82, 2.24) is 0 Å². The third-order valence-electron chi connectivity index (χ3n) is 2.64. The molecule has 4 N–H and O–H groups in total. The zero-order valence-corrected chi connectivity index (χ0v) is 12.7. The molecule has 2 rings (SSSR count). The molecule has 0 heterocycles. The molecule has 0 unspecified atom stereocenters. The molecule has 2 aromatic carbocycles. The summed E-state index contributed by atoms with van der Waals surface area (Å²) in [6, 6.07) is 11.5. The van der Waals surface area contributed by atoms with E-state index >= 15 is 0 Å². The van der Waals surface area contributed by atoms with E-state index in [-0.39, 0.29) is 16.3 Å². The number of amides is 1. The summed E-state index contributed by atoms with van der Waals surface area (Å²) in [5.74, 6) is -0.512. The first-order valence-corrected chi connectivity index (χ1v) is 6.88. The van der Waals surface area contributed by atoms with Crippen LogP contribution in [-0.4, -0.2) is 16.0 Å². The summed E-state index contributed by atoms with van der Waals surface area (Å²) in [6.07, 6.45) is 0. The SMILES string of the molecule is NC(=S)c1cc(Br)ccc1NC(=O)c1ccccc1O. The Hall–Kier alpha value is -1.92. The van der Waals surface area contributed by atoms with Gasteiger partial charge in [-0.25, -0.2) is 0 Å². The lowest BCUT2D eigenvalue weighted by Crippen LogP contribution is -2.17. The number of phenols is 1. The Kier molecular flexibility index (Phi) is 4.36. The van der Waals surface area contributed by atoms with Crippen LogP contribution in [0.4, 0.5) is 5.69 Å². The van der Waals surface area contributed by atoms with E-state index in [1.807, 2.05) is 0 Å². The van der Waals surface area contributed by atoms with E-state index in [4.69, 9.17) is 18.0 Å². The smallest absolute Gasteiger partial charge is 0.259 e. The Bertz CT molecular complexity index is 689. The van der Waals surface area contributed by atoms with Crippen molar-refractivity contribution in [3.63, 3.8) is 0 Å². The number of halogens is 1. The average molecular weight is 351 g/mol. The largest absolute Gasteiger partial charge is 0.507 e. The van der Waals surface area contributed by atoms with Crippen LogP contribution >= 0.6 is 28.1 Å². The van der Waals surface area contributed by atoms with Gasteiger partial charge in [0.05, 0.1) is 11.3 Å². The van der Waals surface area contributed by atoms with Gasteiger partial charge in [0.1, 0.15) is 10.7 Å². The maximum Gasteiger partial charge on any atom is 0.259 e. The quantitative estimate of drug-likeness (QED) is 0.743. The molecule has 0 aliphatic rings. The molecule has 1 amide bonds. The number of aromatic hydroxyl groups is 1. The van der Waals surface area contributed by atoms with Crippen LogP contribution < -0.4 is 11.1 Å². The van der Waals surface area contributed by atoms with Gasteiger partial charge in [-0.2, -0.15) is 0 Å². The van der Waals surface area contributed by atoms with Crippen LogP contribution in [0.3, 0.4) is 0 Å². The lowest BCUT2D eigenvalue weighted by atomic mass is 10.1. The summed E-state index contributed by atoms with van der Waals surface area (Å²) in [6.45, 7) is 0. The van der Waals surface area contributed by atoms with Crippen molar-refractivity contribution in [2.75, 3.05) is 5.32 Å². The van der Waals surface area contributed by atoms with Crippen LogP contribution in [-0.2, 0) is 0 Å². The number of benzene rings is 2. The summed E-state index contributed by atoms with van der Waals surface area (Å²) in [4.78, 5) is 12.3. The highest BCUT2D eigenvalue weighted by molar-refractivity contribution is 9.10. The maximum absolute atomic E-state index is 12.1. The van der Waals surface area contributed by atoms with Gasteiger partial charge in [-0.15, -0.1) is 0 Å². The highest BCUT2D eigenvalue weighted by Crippen LogP contribution is 2.23. The second-order valence-electron chi connectivity index (χ2n) is 4.03. The number of rotatable bonds is 3. The zero-order valence-electron chi connectivity index (χ0n) is 10.3. The van der Waals surface area contributed by atoms with Crippen LogP contribution in [0.2, 0.25) is 0 Å². The third kappa shape index (κ3) is 3.15. The Labute approximate surface area is 129 Å². The Morgan fingerprint density at radius 3 is 2.55 bits per heavy atom. The number of para-hydroxylation sites is 1. The van der Waals surface area contributed by atoms with Crippen molar-refractivity contribution in [2.24, 2.45) is 5.73 Å². The predicted octanol–water partition coefficient (Wildman–Crippen LogP) is 3.04. The van der Waals surface area contributed by atoms with Crippen molar-refractivity contribution < 1.29 is 9.90 Å². The molecule has 0 atom stereocenters. The molecule has 0 aliphatic heterocycles. The molecule has 0 saturated carbocycles. The fourth-order valence-corrected chi connectivity index (χ4v) is 2.21. The molecule has 0 spiro atoms. The van der Waals surface area contributed by atoms with Gasteiger partial charge in [0.2, 0.25) is 0 Å². The molecule has 0 fully saturated rings. The highest BCUT2D eigenvalue weighted by atomic mass is 79.9. The molecule has 20 heavy (non-hydrogen) atoms. The number of thiocarbonyl (C=S) groups is 1. The zero-order chi connectivity index (χ0) is 14.7. The van der Waals surface area contributed by atoms with Crippen LogP contribution in [0.5, 0.6) is 5.75 Å². The van der Waals surface area contributed by atoms with Crippen LogP contribution in [0.25, 0.3) is 0 Å². The third-order valence-corrected chi connectivity index (χ3v) is 3.36. The van der Waals surface area contributed by atoms with Gasteiger partial charge in [0, 0.05) is 10.0 Å². The minimum atomic E-state index is -0.428. The fraction of sp³-hybridized carbons (Fsp3) is 0. The topological polar surface area (TPSA) is 75.3 Å². The van der Waals surface area contributed by atoms with Gasteiger partial charge in [0.25, 0.3) is 5.91 Å². The lowest BCUT2D eigenvalue weighted by molar-refractivity contribution is 0.102. The minimum absolute atomic E-state index is 0.0843. The van der Waals surface area contributed by atoms with E-state index in [2.05, 4.69) is 21.2 Å². The van der Waals surface area contributed by atoms with Gasteiger partial charge in [-0.1, -0.05) is 40.3 Å². The van der Waals surface area contributed by atoms with Gasteiger partial charge in [-0.05, 0) is 30.3 Å². The molecular weight excluding hydrogens is 340 g/mol. The minimum Gasteiger partial charge on any atom is -0.507 e. The molecule has 0 radical (unpaired) electrons. The average Bonchev–Trinajstić information content (AvgIpc) is 2.41. The number of nitrogens with one attached hydrogen (secondary N) is 1. The number of hydrogen-bond acceptors (Lipinski definition) is 3. The number of carbonyl (C=O) groups is 1. The Balaban J connectivity index is 2.33. The number of hydrogen-bond donors (Lipinski definition) is 3. The second kappa shape index (κ2) is 6.02. The first-order chi connectivity index (χ1) is 9.49. The second-order valence-corrected chi connectivity index (χ2v) is 5.38. The van der Waals surface area contributed by atoms with E-state index in [1.54, 1.807) is 30.3 Å². The van der Waals surface area contributed by atoms with Gasteiger partial charge in [0.15, 0.2) is 0 Å². The van der Waals surface area contributed by atoms with Crippen LogP contribution in [0.15, 0.2) is 46.9 Å². The first-order valence-electron chi connectivity index (χ1n) is 5.67.